The summed E-state index contributed by atoms with van der Waals surface area (Å²) in [6.45, 7) is 6.88. The van der Waals surface area contributed by atoms with Crippen molar-refractivity contribution in [1.29, 1.82) is 0 Å². The number of pyridine rings is 2. The monoisotopic (exact) mass is 521 g/mol. The van der Waals surface area contributed by atoms with E-state index in [2.05, 4.69) is 37.1 Å². The number of hydrogen-bond donors (Lipinski definition) is 1. The highest BCUT2D eigenvalue weighted by molar-refractivity contribution is 6.04. The van der Waals surface area contributed by atoms with Gasteiger partial charge in [0, 0.05) is 55.4 Å². The molecule has 1 amide bonds. The summed E-state index contributed by atoms with van der Waals surface area (Å²) >= 11 is 0. The number of piperazine rings is 1. The van der Waals surface area contributed by atoms with Gasteiger partial charge in [0.05, 0.1) is 17.6 Å². The van der Waals surface area contributed by atoms with Crippen LogP contribution in [0.5, 0.6) is 0 Å². The van der Waals surface area contributed by atoms with Crippen molar-refractivity contribution < 1.29 is 18.0 Å². The van der Waals surface area contributed by atoms with Crippen molar-refractivity contribution >= 4 is 17.4 Å². The summed E-state index contributed by atoms with van der Waals surface area (Å²) in [5.74, 6) is -0.137. The Bertz CT molecular complexity index is 1400. The molecule has 0 unspecified atom stereocenters. The Balaban J connectivity index is 1.32. The molecular weight excluding hydrogens is 495 g/mol. The molecule has 1 aliphatic rings. The Hall–Kier alpha value is -4.25. The molecule has 0 spiro atoms. The van der Waals surface area contributed by atoms with E-state index in [1.54, 1.807) is 18.2 Å². The third-order valence-electron chi connectivity index (χ3n) is 6.48. The van der Waals surface area contributed by atoms with Crippen molar-refractivity contribution in [2.45, 2.75) is 13.1 Å². The van der Waals surface area contributed by atoms with Gasteiger partial charge < -0.3 is 15.1 Å². The number of halogens is 3. The fourth-order valence-electron chi connectivity index (χ4n) is 4.38. The van der Waals surface area contributed by atoms with E-state index in [1.165, 1.54) is 30.7 Å². The van der Waals surface area contributed by atoms with Crippen molar-refractivity contribution in [3.63, 3.8) is 0 Å². The lowest BCUT2D eigenvalue weighted by atomic mass is 10.1. The van der Waals surface area contributed by atoms with Gasteiger partial charge in [0.25, 0.3) is 5.91 Å². The standard InChI is InChI=1S/C27H26F3N7O/c1-2-35-11-13-36(14-12-35)21-7-3-5-19(15-21)26(38)33-25-9-8-22(18-32-25)37-24(27(28,29)30)16-23(34-37)20-6-4-10-31-17-20/h3-10,15-18H,2,11-14H2,1H3,(H,32,33,38). The summed E-state index contributed by atoms with van der Waals surface area (Å²) in [6, 6.07) is 14.5. The van der Waals surface area contributed by atoms with Crippen molar-refractivity contribution in [1.82, 2.24) is 24.6 Å². The molecule has 4 aromatic rings. The zero-order chi connectivity index (χ0) is 26.7. The summed E-state index contributed by atoms with van der Waals surface area (Å²) in [7, 11) is 0. The first-order valence-electron chi connectivity index (χ1n) is 12.2. The number of aromatic nitrogens is 4. The molecule has 1 aliphatic heterocycles. The summed E-state index contributed by atoms with van der Waals surface area (Å²) in [5, 5.41) is 6.86. The van der Waals surface area contributed by atoms with E-state index in [1.807, 2.05) is 18.2 Å². The Morgan fingerprint density at radius 3 is 2.45 bits per heavy atom. The third-order valence-corrected chi connectivity index (χ3v) is 6.48. The molecule has 1 N–H and O–H groups in total. The zero-order valence-electron chi connectivity index (χ0n) is 20.7. The maximum absolute atomic E-state index is 13.7. The van der Waals surface area contributed by atoms with E-state index in [0.29, 0.717) is 11.1 Å². The van der Waals surface area contributed by atoms with Crippen LogP contribution in [-0.4, -0.2) is 63.3 Å². The molecule has 1 aromatic carbocycles. The molecule has 0 radical (unpaired) electrons. The normalized spacial score (nSPS) is 14.5. The number of benzene rings is 1. The highest BCUT2D eigenvalue weighted by Crippen LogP contribution is 2.34. The van der Waals surface area contributed by atoms with Crippen LogP contribution in [0.15, 0.2) is 73.2 Å². The van der Waals surface area contributed by atoms with Crippen LogP contribution in [0.25, 0.3) is 16.9 Å². The number of rotatable bonds is 6. The van der Waals surface area contributed by atoms with Gasteiger partial charge in [-0.05, 0) is 55.1 Å². The molecule has 4 heterocycles. The van der Waals surface area contributed by atoms with Crippen molar-refractivity contribution in [3.05, 3.63) is 84.4 Å². The lowest BCUT2D eigenvalue weighted by molar-refractivity contribution is -0.142. The highest BCUT2D eigenvalue weighted by atomic mass is 19.4. The van der Waals surface area contributed by atoms with Gasteiger partial charge in [0.1, 0.15) is 11.5 Å². The average molecular weight is 522 g/mol. The SMILES string of the molecule is CCN1CCN(c2cccc(C(=O)Nc3ccc(-n4nc(-c5cccnc5)cc4C(F)(F)F)cn3)c2)CC1. The summed E-state index contributed by atoms with van der Waals surface area (Å²) in [6.07, 6.45) is -0.404. The van der Waals surface area contributed by atoms with Crippen molar-refractivity contribution in [2.24, 2.45) is 0 Å². The Morgan fingerprint density at radius 2 is 1.79 bits per heavy atom. The van der Waals surface area contributed by atoms with Crippen LogP contribution >= 0.6 is 0 Å². The molecule has 0 aliphatic carbocycles. The van der Waals surface area contributed by atoms with E-state index >= 15 is 0 Å². The fraction of sp³-hybridized carbons (Fsp3) is 0.259. The van der Waals surface area contributed by atoms with E-state index < -0.39 is 11.9 Å². The second-order valence-electron chi connectivity index (χ2n) is 8.89. The van der Waals surface area contributed by atoms with Crippen LogP contribution in [-0.2, 0) is 6.18 Å². The predicted molar refractivity (Wildman–Crippen MR) is 138 cm³/mol. The quantitative estimate of drug-likeness (QED) is 0.395. The Kier molecular flexibility index (Phi) is 7.10. The van der Waals surface area contributed by atoms with Gasteiger partial charge in [0.2, 0.25) is 0 Å². The summed E-state index contributed by atoms with van der Waals surface area (Å²) < 4.78 is 42.0. The van der Waals surface area contributed by atoms with Crippen molar-refractivity contribution in [2.75, 3.05) is 42.9 Å². The number of alkyl halides is 3. The van der Waals surface area contributed by atoms with Gasteiger partial charge in [-0.15, -0.1) is 0 Å². The molecule has 0 atom stereocenters. The topological polar surface area (TPSA) is 79.2 Å². The number of amides is 1. The minimum Gasteiger partial charge on any atom is -0.369 e. The predicted octanol–water partition coefficient (Wildman–Crippen LogP) is 4.74. The first kappa shape index (κ1) is 25.4. The number of nitrogens with one attached hydrogen (secondary N) is 1. The molecule has 3 aromatic heterocycles. The van der Waals surface area contributed by atoms with Crippen LogP contribution in [0, 0.1) is 0 Å². The second-order valence-corrected chi connectivity index (χ2v) is 8.89. The van der Waals surface area contributed by atoms with Gasteiger partial charge in [-0.1, -0.05) is 13.0 Å². The number of nitrogens with zero attached hydrogens (tertiary/aromatic N) is 6. The van der Waals surface area contributed by atoms with E-state index in [0.717, 1.165) is 49.2 Å². The van der Waals surface area contributed by atoms with Crippen LogP contribution in [0.1, 0.15) is 23.0 Å². The van der Waals surface area contributed by atoms with Gasteiger partial charge in [0.15, 0.2) is 0 Å². The minimum atomic E-state index is -4.63. The molecule has 8 nitrogen and oxygen atoms in total. The molecule has 1 saturated heterocycles. The number of carbonyl (C=O) groups excluding carboxylic acids is 1. The van der Waals surface area contributed by atoms with E-state index in [4.69, 9.17) is 0 Å². The maximum atomic E-state index is 13.7. The number of likely N-dealkylation sites (N-methyl/N-ethyl adjacent to an activating group) is 1. The third kappa shape index (κ3) is 5.52. The van der Waals surface area contributed by atoms with Crippen LogP contribution in [0.2, 0.25) is 0 Å². The average Bonchev–Trinajstić information content (AvgIpc) is 3.41. The summed E-state index contributed by atoms with van der Waals surface area (Å²) in [5.41, 5.74) is 1.21. The highest BCUT2D eigenvalue weighted by Gasteiger charge is 2.36. The smallest absolute Gasteiger partial charge is 0.369 e. The van der Waals surface area contributed by atoms with Gasteiger partial charge in [-0.25, -0.2) is 9.67 Å². The molecule has 1 fully saturated rings. The molecule has 0 bridgehead atoms. The maximum Gasteiger partial charge on any atom is 0.433 e. The lowest BCUT2D eigenvalue weighted by Crippen LogP contribution is -2.46. The lowest BCUT2D eigenvalue weighted by Gasteiger charge is -2.35. The van der Waals surface area contributed by atoms with Crippen molar-refractivity contribution in [3.8, 4) is 16.9 Å². The minimum absolute atomic E-state index is 0.110. The first-order valence-corrected chi connectivity index (χ1v) is 12.2. The molecule has 196 valence electrons. The fourth-order valence-corrected chi connectivity index (χ4v) is 4.38. The first-order chi connectivity index (χ1) is 18.3. The molecule has 38 heavy (non-hydrogen) atoms. The van der Waals surface area contributed by atoms with E-state index in [-0.39, 0.29) is 23.1 Å². The number of hydrogen-bond acceptors (Lipinski definition) is 6. The Labute approximate surface area is 217 Å². The summed E-state index contributed by atoms with van der Waals surface area (Å²) in [4.78, 5) is 25.6. The molecular formula is C27H26F3N7O. The number of carbonyl (C=O) groups is 1. The van der Waals surface area contributed by atoms with Gasteiger partial charge >= 0.3 is 6.18 Å². The van der Waals surface area contributed by atoms with Gasteiger partial charge in [-0.3, -0.25) is 9.78 Å². The largest absolute Gasteiger partial charge is 0.433 e. The van der Waals surface area contributed by atoms with Gasteiger partial charge in [-0.2, -0.15) is 18.3 Å². The molecule has 11 heteroatoms. The molecule has 5 rings (SSSR count). The van der Waals surface area contributed by atoms with Crippen LogP contribution in [0.4, 0.5) is 24.7 Å². The van der Waals surface area contributed by atoms with E-state index in [9.17, 15) is 18.0 Å². The Morgan fingerprint density at radius 1 is 0.974 bits per heavy atom. The van der Waals surface area contributed by atoms with Crippen LogP contribution < -0.4 is 10.2 Å². The zero-order valence-corrected chi connectivity index (χ0v) is 20.7. The molecule has 0 saturated carbocycles. The van der Waals surface area contributed by atoms with Crippen LogP contribution in [0.3, 0.4) is 0 Å². The number of anilines is 2. The second kappa shape index (κ2) is 10.6.